The van der Waals surface area contributed by atoms with Crippen LogP contribution in [0.5, 0.6) is 0 Å². The molecule has 0 aromatic carbocycles. The summed E-state index contributed by atoms with van der Waals surface area (Å²) in [5.74, 6) is 0.840. The van der Waals surface area contributed by atoms with Gasteiger partial charge in [0.05, 0.1) is 0 Å². The van der Waals surface area contributed by atoms with Crippen LogP contribution in [0.1, 0.15) is 36.0 Å². The Morgan fingerprint density at radius 1 is 1.74 bits per heavy atom. The van der Waals surface area contributed by atoms with Gasteiger partial charge in [-0.1, -0.05) is 5.16 Å². The number of hydrogen-bond acceptors (Lipinski definition) is 5. The number of carbonyl (C=O) groups is 1. The Kier molecular flexibility index (Phi) is 4.93. The molecular weight excluding hydrogens is 246 g/mol. The Hall–Kier alpha value is -1.40. The van der Waals surface area contributed by atoms with E-state index in [0.29, 0.717) is 24.0 Å². The summed E-state index contributed by atoms with van der Waals surface area (Å²) in [6.07, 6.45) is 2.30. The Balaban J connectivity index is 1.88. The van der Waals surface area contributed by atoms with Crippen molar-refractivity contribution in [1.29, 1.82) is 0 Å². The van der Waals surface area contributed by atoms with Crippen LogP contribution in [-0.4, -0.2) is 37.3 Å². The Morgan fingerprint density at radius 2 is 2.58 bits per heavy atom. The van der Waals surface area contributed by atoms with Gasteiger partial charge in [-0.05, 0) is 38.8 Å². The van der Waals surface area contributed by atoms with Crippen LogP contribution < -0.4 is 10.6 Å². The van der Waals surface area contributed by atoms with E-state index < -0.39 is 0 Å². The predicted octanol–water partition coefficient (Wildman–Crippen LogP) is 0.939. The first kappa shape index (κ1) is 14.0. The minimum atomic E-state index is -0.191. The molecule has 1 aliphatic rings. The lowest BCUT2D eigenvalue weighted by atomic mass is 9.93. The lowest BCUT2D eigenvalue weighted by Crippen LogP contribution is -2.44. The van der Waals surface area contributed by atoms with Gasteiger partial charge in [-0.3, -0.25) is 4.79 Å². The normalized spacial score (nSPS) is 21.1. The third-order valence-electron chi connectivity index (χ3n) is 3.48. The molecule has 2 heterocycles. The molecule has 1 saturated heterocycles. The number of ether oxygens (including phenoxy) is 1. The van der Waals surface area contributed by atoms with E-state index >= 15 is 0 Å². The molecule has 2 rings (SSSR count). The number of rotatable bonds is 5. The first-order valence-electron chi connectivity index (χ1n) is 6.67. The molecule has 2 atom stereocenters. The zero-order valence-corrected chi connectivity index (χ0v) is 11.4. The van der Waals surface area contributed by atoms with Gasteiger partial charge in [0.25, 0.3) is 5.91 Å². The van der Waals surface area contributed by atoms with E-state index in [4.69, 9.17) is 9.26 Å². The molecule has 1 aliphatic heterocycles. The number of nitrogens with zero attached hydrogens (tertiary/aromatic N) is 1. The molecule has 19 heavy (non-hydrogen) atoms. The first-order chi connectivity index (χ1) is 9.20. The van der Waals surface area contributed by atoms with Crippen molar-refractivity contribution in [3.8, 4) is 0 Å². The monoisotopic (exact) mass is 267 g/mol. The first-order valence-corrected chi connectivity index (χ1v) is 6.67. The van der Waals surface area contributed by atoms with Crippen molar-refractivity contribution in [2.45, 2.75) is 32.4 Å². The van der Waals surface area contributed by atoms with Crippen molar-refractivity contribution < 1.29 is 14.1 Å². The van der Waals surface area contributed by atoms with Crippen molar-refractivity contribution in [3.05, 3.63) is 17.5 Å². The standard InChI is InChI=1S/C13H21N3O3/c1-9(10-4-3-5-14-7-10)15-13(17)12-6-11(8-18-2)19-16-12/h6,9-10,14H,3-5,7-8H2,1-2H3,(H,15,17). The van der Waals surface area contributed by atoms with Gasteiger partial charge in [0, 0.05) is 19.2 Å². The van der Waals surface area contributed by atoms with Gasteiger partial charge in [0.15, 0.2) is 11.5 Å². The second-order valence-corrected chi connectivity index (χ2v) is 4.98. The number of piperidine rings is 1. The van der Waals surface area contributed by atoms with Crippen LogP contribution in [0, 0.1) is 5.92 Å². The summed E-state index contributed by atoms with van der Waals surface area (Å²) in [5, 5.41) is 10.1. The highest BCUT2D eigenvalue weighted by molar-refractivity contribution is 5.92. The fourth-order valence-electron chi connectivity index (χ4n) is 2.33. The average molecular weight is 267 g/mol. The second kappa shape index (κ2) is 6.68. The summed E-state index contributed by atoms with van der Waals surface area (Å²) in [6.45, 7) is 4.38. The number of amides is 1. The Labute approximate surface area is 112 Å². The van der Waals surface area contributed by atoms with Gasteiger partial charge in [0.2, 0.25) is 0 Å². The topological polar surface area (TPSA) is 76.4 Å². The molecule has 0 bridgehead atoms. The van der Waals surface area contributed by atoms with Gasteiger partial charge in [-0.25, -0.2) is 0 Å². The average Bonchev–Trinajstić information content (AvgIpc) is 2.89. The van der Waals surface area contributed by atoms with Crippen LogP contribution in [0.2, 0.25) is 0 Å². The molecular formula is C13H21N3O3. The predicted molar refractivity (Wildman–Crippen MR) is 69.7 cm³/mol. The summed E-state index contributed by atoms with van der Waals surface area (Å²) >= 11 is 0. The minimum Gasteiger partial charge on any atom is -0.377 e. The molecule has 0 saturated carbocycles. The zero-order chi connectivity index (χ0) is 13.7. The Morgan fingerprint density at radius 3 is 3.26 bits per heavy atom. The molecule has 1 fully saturated rings. The van der Waals surface area contributed by atoms with Crippen LogP contribution in [0.15, 0.2) is 10.6 Å². The third kappa shape index (κ3) is 3.78. The minimum absolute atomic E-state index is 0.128. The van der Waals surface area contributed by atoms with Crippen LogP contribution in [-0.2, 0) is 11.3 Å². The van der Waals surface area contributed by atoms with Crippen LogP contribution >= 0.6 is 0 Å². The summed E-state index contributed by atoms with van der Waals surface area (Å²) in [6, 6.07) is 1.74. The summed E-state index contributed by atoms with van der Waals surface area (Å²) in [7, 11) is 1.57. The number of aromatic nitrogens is 1. The van der Waals surface area contributed by atoms with Gasteiger partial charge in [-0.2, -0.15) is 0 Å². The van der Waals surface area contributed by atoms with Gasteiger partial charge in [-0.15, -0.1) is 0 Å². The summed E-state index contributed by atoms with van der Waals surface area (Å²) in [5.41, 5.74) is 0.308. The highest BCUT2D eigenvalue weighted by atomic mass is 16.5. The van der Waals surface area contributed by atoms with E-state index in [9.17, 15) is 4.79 Å². The van der Waals surface area contributed by atoms with E-state index in [-0.39, 0.29) is 11.9 Å². The van der Waals surface area contributed by atoms with E-state index in [1.165, 1.54) is 0 Å². The van der Waals surface area contributed by atoms with Crippen molar-refractivity contribution in [1.82, 2.24) is 15.8 Å². The maximum atomic E-state index is 12.0. The van der Waals surface area contributed by atoms with E-state index in [1.807, 2.05) is 6.92 Å². The summed E-state index contributed by atoms with van der Waals surface area (Å²) < 4.78 is 9.93. The van der Waals surface area contributed by atoms with E-state index in [2.05, 4.69) is 15.8 Å². The molecule has 1 amide bonds. The molecule has 2 unspecified atom stereocenters. The highest BCUT2D eigenvalue weighted by Gasteiger charge is 2.22. The number of hydrogen-bond donors (Lipinski definition) is 2. The molecule has 1 aromatic heterocycles. The lowest BCUT2D eigenvalue weighted by Gasteiger charge is -2.28. The lowest BCUT2D eigenvalue weighted by molar-refractivity contribution is 0.0912. The maximum Gasteiger partial charge on any atom is 0.273 e. The van der Waals surface area contributed by atoms with Crippen LogP contribution in [0.25, 0.3) is 0 Å². The highest BCUT2D eigenvalue weighted by Crippen LogP contribution is 2.14. The Bertz CT molecular complexity index is 413. The molecule has 0 aliphatic carbocycles. The van der Waals surface area contributed by atoms with Crippen LogP contribution in [0.3, 0.4) is 0 Å². The molecule has 6 heteroatoms. The fourth-order valence-corrected chi connectivity index (χ4v) is 2.33. The van der Waals surface area contributed by atoms with Crippen molar-refractivity contribution in [3.63, 3.8) is 0 Å². The SMILES string of the molecule is COCc1cc(C(=O)NC(C)C2CCCNC2)no1. The maximum absolute atomic E-state index is 12.0. The van der Waals surface area contributed by atoms with Gasteiger partial charge >= 0.3 is 0 Å². The number of methoxy groups -OCH3 is 1. The quantitative estimate of drug-likeness (QED) is 0.830. The van der Waals surface area contributed by atoms with Crippen molar-refractivity contribution >= 4 is 5.91 Å². The van der Waals surface area contributed by atoms with Crippen molar-refractivity contribution in [2.75, 3.05) is 20.2 Å². The zero-order valence-electron chi connectivity index (χ0n) is 11.4. The fraction of sp³-hybridized carbons (Fsp3) is 0.692. The van der Waals surface area contributed by atoms with E-state index in [1.54, 1.807) is 13.2 Å². The smallest absolute Gasteiger partial charge is 0.273 e. The second-order valence-electron chi connectivity index (χ2n) is 4.98. The number of carbonyl (C=O) groups excluding carboxylic acids is 1. The molecule has 1 aromatic rings. The third-order valence-corrected chi connectivity index (χ3v) is 3.48. The molecule has 0 spiro atoms. The molecule has 2 N–H and O–H groups in total. The van der Waals surface area contributed by atoms with Crippen molar-refractivity contribution in [2.24, 2.45) is 5.92 Å². The summed E-state index contributed by atoms with van der Waals surface area (Å²) in [4.78, 5) is 12.0. The van der Waals surface area contributed by atoms with Gasteiger partial charge < -0.3 is 19.9 Å². The molecule has 106 valence electrons. The van der Waals surface area contributed by atoms with Gasteiger partial charge in [0.1, 0.15) is 6.61 Å². The van der Waals surface area contributed by atoms with E-state index in [0.717, 1.165) is 25.9 Å². The largest absolute Gasteiger partial charge is 0.377 e. The molecule has 0 radical (unpaired) electrons. The van der Waals surface area contributed by atoms with Crippen LogP contribution in [0.4, 0.5) is 0 Å². The molecule has 6 nitrogen and oxygen atoms in total. The number of nitrogens with one attached hydrogen (secondary N) is 2.